The molecule has 2 amide bonds. The van der Waals surface area contributed by atoms with Crippen molar-refractivity contribution >= 4 is 22.8 Å². The van der Waals surface area contributed by atoms with E-state index in [1.54, 1.807) is 18.5 Å². The van der Waals surface area contributed by atoms with Gasteiger partial charge in [-0.2, -0.15) is 0 Å². The molecule has 2 heterocycles. The summed E-state index contributed by atoms with van der Waals surface area (Å²) in [4.78, 5) is 32.2. The number of fused-ring (bicyclic) bond motifs is 1. The van der Waals surface area contributed by atoms with Crippen LogP contribution in [0, 0.1) is 11.6 Å². The van der Waals surface area contributed by atoms with Gasteiger partial charge in [0.15, 0.2) is 0 Å². The standard InChI is InChI=1S/C23H22F2N4O3/c1-27-13-26-18-12-14(2-3-19(18)27)15-10-16(24)20(17(25)11-15)21(30)28-6-8-29(9-7-28)22(31)23(32)4-5-23/h2-3,10-13,32H,4-9H2,1H3. The van der Waals surface area contributed by atoms with Gasteiger partial charge in [0.25, 0.3) is 11.8 Å². The molecule has 0 unspecified atom stereocenters. The maximum Gasteiger partial charge on any atom is 0.259 e. The minimum absolute atomic E-state index is 0.150. The van der Waals surface area contributed by atoms with Crippen molar-refractivity contribution in [2.45, 2.75) is 18.4 Å². The number of aromatic nitrogens is 2. The maximum absolute atomic E-state index is 14.9. The number of halogens is 2. The Balaban J connectivity index is 1.35. The van der Waals surface area contributed by atoms with Crippen LogP contribution in [0.5, 0.6) is 0 Å². The van der Waals surface area contributed by atoms with Gasteiger partial charge in [0, 0.05) is 33.2 Å². The zero-order valence-electron chi connectivity index (χ0n) is 17.5. The average molecular weight is 440 g/mol. The lowest BCUT2D eigenvalue weighted by atomic mass is 10.0. The number of piperazine rings is 1. The number of amides is 2. The Bertz CT molecular complexity index is 1220. The van der Waals surface area contributed by atoms with E-state index in [0.29, 0.717) is 29.5 Å². The SMILES string of the molecule is Cn1cnc2cc(-c3cc(F)c(C(=O)N4CCN(C(=O)C5(O)CC5)CC4)c(F)c3)ccc21. The lowest BCUT2D eigenvalue weighted by Crippen LogP contribution is -2.53. The summed E-state index contributed by atoms with van der Waals surface area (Å²) < 4.78 is 31.6. The van der Waals surface area contributed by atoms with E-state index in [1.165, 1.54) is 9.80 Å². The second kappa shape index (κ2) is 7.37. The lowest BCUT2D eigenvalue weighted by Gasteiger charge is -2.35. The van der Waals surface area contributed by atoms with Crippen LogP contribution in [0.3, 0.4) is 0 Å². The Kier molecular flexibility index (Phi) is 4.74. The summed E-state index contributed by atoms with van der Waals surface area (Å²) in [6.07, 6.45) is 2.55. The van der Waals surface area contributed by atoms with Gasteiger partial charge in [-0.25, -0.2) is 13.8 Å². The molecule has 1 aromatic heterocycles. The number of benzene rings is 2. The van der Waals surface area contributed by atoms with Crippen LogP contribution in [0.1, 0.15) is 23.2 Å². The van der Waals surface area contributed by atoms with Gasteiger partial charge < -0.3 is 19.5 Å². The van der Waals surface area contributed by atoms with E-state index in [2.05, 4.69) is 4.98 Å². The van der Waals surface area contributed by atoms with Crippen molar-refractivity contribution in [2.24, 2.45) is 7.05 Å². The number of imidazole rings is 1. The van der Waals surface area contributed by atoms with Gasteiger partial charge in [-0.3, -0.25) is 9.59 Å². The first-order valence-corrected chi connectivity index (χ1v) is 10.5. The molecule has 0 radical (unpaired) electrons. The van der Waals surface area contributed by atoms with E-state index in [4.69, 9.17) is 0 Å². The Morgan fingerprint density at radius 1 is 0.969 bits per heavy atom. The molecule has 2 fully saturated rings. The molecular weight excluding hydrogens is 418 g/mol. The summed E-state index contributed by atoms with van der Waals surface area (Å²) in [6, 6.07) is 7.63. The zero-order chi connectivity index (χ0) is 22.6. The highest BCUT2D eigenvalue weighted by molar-refractivity contribution is 5.96. The minimum atomic E-state index is -1.27. The fourth-order valence-corrected chi connectivity index (χ4v) is 4.16. The number of aryl methyl sites for hydroxylation is 1. The number of carbonyl (C=O) groups is 2. The van der Waals surface area contributed by atoms with Crippen molar-refractivity contribution in [1.82, 2.24) is 19.4 Å². The Morgan fingerprint density at radius 2 is 1.59 bits per heavy atom. The molecule has 0 bridgehead atoms. The summed E-state index contributed by atoms with van der Waals surface area (Å²) in [6.45, 7) is 0.742. The largest absolute Gasteiger partial charge is 0.380 e. The molecule has 1 saturated heterocycles. The summed E-state index contributed by atoms with van der Waals surface area (Å²) in [5.74, 6) is -2.95. The van der Waals surface area contributed by atoms with E-state index in [-0.39, 0.29) is 32.1 Å². The van der Waals surface area contributed by atoms with Crippen LogP contribution >= 0.6 is 0 Å². The number of aliphatic hydroxyl groups is 1. The third-order valence-electron chi connectivity index (χ3n) is 6.29. The molecule has 1 saturated carbocycles. The van der Waals surface area contributed by atoms with Crippen LogP contribution < -0.4 is 0 Å². The Hall–Kier alpha value is -3.33. The fourth-order valence-electron chi connectivity index (χ4n) is 4.16. The van der Waals surface area contributed by atoms with Crippen molar-refractivity contribution < 1.29 is 23.5 Å². The van der Waals surface area contributed by atoms with Crippen molar-refractivity contribution in [3.63, 3.8) is 0 Å². The molecule has 5 rings (SSSR count). The van der Waals surface area contributed by atoms with Crippen LogP contribution in [0.4, 0.5) is 8.78 Å². The van der Waals surface area contributed by atoms with Crippen molar-refractivity contribution in [3.8, 4) is 11.1 Å². The molecule has 1 aliphatic carbocycles. The van der Waals surface area contributed by atoms with Gasteiger partial charge in [-0.1, -0.05) is 6.07 Å². The molecule has 166 valence electrons. The van der Waals surface area contributed by atoms with Gasteiger partial charge in [0.2, 0.25) is 0 Å². The second-order valence-electron chi connectivity index (χ2n) is 8.49. The van der Waals surface area contributed by atoms with E-state index in [9.17, 15) is 23.5 Å². The van der Waals surface area contributed by atoms with Crippen LogP contribution in [-0.2, 0) is 11.8 Å². The molecule has 9 heteroatoms. The van der Waals surface area contributed by atoms with E-state index >= 15 is 0 Å². The van der Waals surface area contributed by atoms with Crippen LogP contribution in [0.15, 0.2) is 36.7 Å². The van der Waals surface area contributed by atoms with Gasteiger partial charge in [-0.15, -0.1) is 0 Å². The number of hydrogen-bond acceptors (Lipinski definition) is 4. The minimum Gasteiger partial charge on any atom is -0.380 e. The highest BCUT2D eigenvalue weighted by Gasteiger charge is 2.50. The van der Waals surface area contributed by atoms with Gasteiger partial charge in [0.1, 0.15) is 22.8 Å². The number of rotatable bonds is 3. The fraction of sp³-hybridized carbons (Fsp3) is 0.348. The van der Waals surface area contributed by atoms with Gasteiger partial charge in [-0.05, 0) is 48.2 Å². The molecule has 7 nitrogen and oxygen atoms in total. The molecule has 0 spiro atoms. The first-order chi connectivity index (χ1) is 15.3. The monoisotopic (exact) mass is 440 g/mol. The molecule has 3 aromatic rings. The van der Waals surface area contributed by atoms with Crippen LogP contribution in [0.25, 0.3) is 22.2 Å². The number of nitrogens with zero attached hydrogens (tertiary/aromatic N) is 4. The lowest BCUT2D eigenvalue weighted by molar-refractivity contribution is -0.143. The highest BCUT2D eigenvalue weighted by Crippen LogP contribution is 2.37. The molecule has 2 aromatic carbocycles. The van der Waals surface area contributed by atoms with Crippen molar-refractivity contribution in [2.75, 3.05) is 26.2 Å². The topological polar surface area (TPSA) is 78.7 Å². The molecule has 1 aliphatic heterocycles. The molecule has 0 atom stereocenters. The third-order valence-corrected chi connectivity index (χ3v) is 6.29. The molecular formula is C23H22F2N4O3. The highest BCUT2D eigenvalue weighted by atomic mass is 19.1. The van der Waals surface area contributed by atoms with Crippen LogP contribution in [0.2, 0.25) is 0 Å². The summed E-state index contributed by atoms with van der Waals surface area (Å²) in [7, 11) is 1.86. The van der Waals surface area contributed by atoms with Gasteiger partial charge in [0.05, 0.1) is 17.4 Å². The predicted octanol–water partition coefficient (Wildman–Crippen LogP) is 2.33. The maximum atomic E-state index is 14.9. The zero-order valence-corrected chi connectivity index (χ0v) is 17.5. The second-order valence-corrected chi connectivity index (χ2v) is 8.49. The molecule has 2 aliphatic rings. The molecule has 32 heavy (non-hydrogen) atoms. The summed E-state index contributed by atoms with van der Waals surface area (Å²) in [5.41, 5.74) is 0.643. The quantitative estimate of drug-likeness (QED) is 0.678. The smallest absolute Gasteiger partial charge is 0.259 e. The van der Waals surface area contributed by atoms with Crippen molar-refractivity contribution in [1.29, 1.82) is 0 Å². The van der Waals surface area contributed by atoms with E-state index in [1.807, 2.05) is 17.7 Å². The van der Waals surface area contributed by atoms with E-state index < -0.39 is 28.7 Å². The van der Waals surface area contributed by atoms with Crippen LogP contribution in [-0.4, -0.2) is 68.1 Å². The number of carbonyl (C=O) groups excluding carboxylic acids is 2. The third kappa shape index (κ3) is 3.42. The molecule has 1 N–H and O–H groups in total. The first kappa shape index (κ1) is 20.6. The summed E-state index contributed by atoms with van der Waals surface area (Å²) >= 11 is 0. The number of hydrogen-bond donors (Lipinski definition) is 1. The average Bonchev–Trinajstić information content (AvgIpc) is 3.44. The summed E-state index contributed by atoms with van der Waals surface area (Å²) in [5, 5.41) is 9.98. The van der Waals surface area contributed by atoms with Gasteiger partial charge >= 0.3 is 0 Å². The normalized spacial score (nSPS) is 17.6. The van der Waals surface area contributed by atoms with Crippen molar-refractivity contribution in [3.05, 3.63) is 53.9 Å². The Morgan fingerprint density at radius 3 is 2.22 bits per heavy atom. The van der Waals surface area contributed by atoms with E-state index in [0.717, 1.165) is 17.6 Å². The predicted molar refractivity (Wildman–Crippen MR) is 113 cm³/mol. The Labute approximate surface area is 182 Å². The first-order valence-electron chi connectivity index (χ1n) is 10.5.